The molecule has 0 spiro atoms. The van der Waals surface area contributed by atoms with Gasteiger partial charge in [0.2, 0.25) is 16.3 Å². The minimum atomic E-state index is -3.25. The smallest absolute Gasteiger partial charge is 0.335 e. The number of ether oxygens (including phenoxy) is 3. The summed E-state index contributed by atoms with van der Waals surface area (Å²) in [6, 6.07) is 15.3. The molecule has 0 amide bonds. The van der Waals surface area contributed by atoms with Gasteiger partial charge in [-0.15, -0.1) is 0 Å². The Labute approximate surface area is 212 Å². The molecule has 0 unspecified atom stereocenters. The zero-order valence-corrected chi connectivity index (χ0v) is 21.4. The SMILES string of the molecule is CC[C@H](Nc1ccc(C#CCNS(C)(=O)=O)cc1)c1ccc(O[C@H]2C[C@@H](O)C[C@@H](C(=O)OC)O2)cc1. The number of hydrogen-bond donors (Lipinski definition) is 3. The summed E-state index contributed by atoms with van der Waals surface area (Å²) < 4.78 is 40.7. The molecule has 1 heterocycles. The molecule has 0 saturated carbocycles. The second kappa shape index (κ2) is 12.7. The fourth-order valence-corrected chi connectivity index (χ4v) is 4.07. The molecule has 194 valence electrons. The van der Waals surface area contributed by atoms with Gasteiger partial charge in [-0.2, -0.15) is 0 Å². The fourth-order valence-electron chi connectivity index (χ4n) is 3.73. The minimum Gasteiger partial charge on any atom is -0.467 e. The Balaban J connectivity index is 1.57. The summed E-state index contributed by atoms with van der Waals surface area (Å²) in [7, 11) is -1.97. The van der Waals surface area contributed by atoms with Crippen molar-refractivity contribution in [3.63, 3.8) is 0 Å². The number of benzene rings is 2. The van der Waals surface area contributed by atoms with Gasteiger partial charge >= 0.3 is 5.97 Å². The number of methoxy groups -OCH3 is 1. The maximum Gasteiger partial charge on any atom is 0.335 e. The van der Waals surface area contributed by atoms with Crippen molar-refractivity contribution in [1.82, 2.24) is 4.72 Å². The zero-order valence-electron chi connectivity index (χ0n) is 20.6. The first-order valence-electron chi connectivity index (χ1n) is 11.6. The zero-order chi connectivity index (χ0) is 26.1. The van der Waals surface area contributed by atoms with Crippen LogP contribution < -0.4 is 14.8 Å². The molecule has 36 heavy (non-hydrogen) atoms. The molecule has 9 nitrogen and oxygen atoms in total. The molecule has 1 saturated heterocycles. The van der Waals surface area contributed by atoms with E-state index in [9.17, 15) is 18.3 Å². The molecule has 2 aromatic rings. The third-order valence-electron chi connectivity index (χ3n) is 5.57. The van der Waals surface area contributed by atoms with Gasteiger partial charge in [0.05, 0.1) is 32.1 Å². The molecule has 10 heteroatoms. The van der Waals surface area contributed by atoms with Crippen molar-refractivity contribution in [2.24, 2.45) is 0 Å². The van der Waals surface area contributed by atoms with E-state index in [2.05, 4.69) is 28.8 Å². The van der Waals surface area contributed by atoms with Crippen LogP contribution in [0.1, 0.15) is 43.4 Å². The number of aliphatic hydroxyl groups is 1. The van der Waals surface area contributed by atoms with E-state index in [1.165, 1.54) is 7.11 Å². The van der Waals surface area contributed by atoms with E-state index in [1.807, 2.05) is 48.5 Å². The lowest BCUT2D eigenvalue weighted by atomic mass is 10.0. The van der Waals surface area contributed by atoms with Crippen LogP contribution in [0.3, 0.4) is 0 Å². The quantitative estimate of drug-likeness (QED) is 0.343. The van der Waals surface area contributed by atoms with Crippen molar-refractivity contribution < 1.29 is 32.5 Å². The van der Waals surface area contributed by atoms with Crippen molar-refractivity contribution in [3.05, 3.63) is 59.7 Å². The molecule has 0 aromatic heterocycles. The molecule has 2 aromatic carbocycles. The minimum absolute atomic E-state index is 0.0615. The van der Waals surface area contributed by atoms with E-state index < -0.39 is 34.5 Å². The Morgan fingerprint density at radius 3 is 2.47 bits per heavy atom. The highest BCUT2D eigenvalue weighted by Crippen LogP contribution is 2.27. The van der Waals surface area contributed by atoms with E-state index in [0.29, 0.717) is 5.75 Å². The first-order chi connectivity index (χ1) is 17.2. The molecule has 0 aliphatic carbocycles. The third kappa shape index (κ3) is 8.53. The normalized spacial score (nSPS) is 20.5. The summed E-state index contributed by atoms with van der Waals surface area (Å²) in [5.74, 6) is 5.76. The lowest BCUT2D eigenvalue weighted by Crippen LogP contribution is -2.42. The lowest BCUT2D eigenvalue weighted by Gasteiger charge is -2.31. The third-order valence-corrected chi connectivity index (χ3v) is 6.24. The molecule has 0 bridgehead atoms. The van der Waals surface area contributed by atoms with E-state index >= 15 is 0 Å². The fraction of sp³-hybridized carbons (Fsp3) is 0.423. The number of hydrogen-bond acceptors (Lipinski definition) is 8. The summed E-state index contributed by atoms with van der Waals surface area (Å²) in [5, 5.41) is 13.6. The highest BCUT2D eigenvalue weighted by molar-refractivity contribution is 7.88. The summed E-state index contributed by atoms with van der Waals surface area (Å²) >= 11 is 0. The topological polar surface area (TPSA) is 123 Å². The van der Waals surface area contributed by atoms with Gasteiger partial charge in [0.15, 0.2) is 6.10 Å². The van der Waals surface area contributed by atoms with Crippen molar-refractivity contribution in [1.29, 1.82) is 0 Å². The first kappa shape index (κ1) is 27.5. The summed E-state index contributed by atoms with van der Waals surface area (Å²) in [6.07, 6.45) is 0.0927. The van der Waals surface area contributed by atoms with Crippen LogP contribution in [0.4, 0.5) is 5.69 Å². The maximum atomic E-state index is 11.8. The Morgan fingerprint density at radius 2 is 1.86 bits per heavy atom. The summed E-state index contributed by atoms with van der Waals surface area (Å²) in [5.41, 5.74) is 2.79. The number of carbonyl (C=O) groups is 1. The highest BCUT2D eigenvalue weighted by Gasteiger charge is 2.34. The molecule has 4 atom stereocenters. The number of nitrogens with one attached hydrogen (secondary N) is 2. The lowest BCUT2D eigenvalue weighted by molar-refractivity contribution is -0.197. The van der Waals surface area contributed by atoms with E-state index in [4.69, 9.17) is 14.2 Å². The number of sulfonamides is 1. The van der Waals surface area contributed by atoms with Crippen LogP contribution in [0.2, 0.25) is 0 Å². The second-order valence-corrected chi connectivity index (χ2v) is 10.3. The molecule has 0 radical (unpaired) electrons. The average Bonchev–Trinajstić information content (AvgIpc) is 2.85. The molecule has 3 rings (SSSR count). The Hall–Kier alpha value is -3.10. The van der Waals surface area contributed by atoms with Gasteiger partial charge in [0.25, 0.3) is 0 Å². The van der Waals surface area contributed by atoms with Gasteiger partial charge < -0.3 is 24.6 Å². The predicted molar refractivity (Wildman–Crippen MR) is 136 cm³/mol. The van der Waals surface area contributed by atoms with Gasteiger partial charge in [0.1, 0.15) is 5.75 Å². The second-order valence-electron chi connectivity index (χ2n) is 8.47. The number of aliphatic hydroxyl groups excluding tert-OH is 1. The van der Waals surface area contributed by atoms with Crippen molar-refractivity contribution in [3.8, 4) is 17.6 Å². The monoisotopic (exact) mass is 516 g/mol. The van der Waals surface area contributed by atoms with Gasteiger partial charge in [-0.05, 0) is 48.4 Å². The summed E-state index contributed by atoms with van der Waals surface area (Å²) in [6.45, 7) is 2.15. The van der Waals surface area contributed by atoms with Crippen molar-refractivity contribution in [2.45, 2.75) is 50.7 Å². The maximum absolute atomic E-state index is 11.8. The Bertz CT molecular complexity index is 1170. The van der Waals surface area contributed by atoms with Crippen LogP contribution in [-0.4, -0.2) is 57.9 Å². The molecule has 1 aliphatic heterocycles. The van der Waals surface area contributed by atoms with Gasteiger partial charge in [0, 0.05) is 24.1 Å². The number of carbonyl (C=O) groups excluding carboxylic acids is 1. The highest BCUT2D eigenvalue weighted by atomic mass is 32.2. The number of anilines is 1. The molecular weight excluding hydrogens is 484 g/mol. The van der Waals surface area contributed by atoms with Crippen LogP contribution in [0.25, 0.3) is 0 Å². The number of rotatable bonds is 9. The average molecular weight is 517 g/mol. The van der Waals surface area contributed by atoms with Crippen LogP contribution in [0.5, 0.6) is 5.75 Å². The van der Waals surface area contributed by atoms with Crippen LogP contribution >= 0.6 is 0 Å². The van der Waals surface area contributed by atoms with Crippen LogP contribution in [0, 0.1) is 11.8 Å². The Morgan fingerprint density at radius 1 is 1.17 bits per heavy atom. The molecule has 1 fully saturated rings. The first-order valence-corrected chi connectivity index (χ1v) is 13.5. The van der Waals surface area contributed by atoms with E-state index in [0.717, 1.165) is 29.5 Å². The van der Waals surface area contributed by atoms with Gasteiger partial charge in [-0.25, -0.2) is 17.9 Å². The largest absolute Gasteiger partial charge is 0.467 e. The van der Waals surface area contributed by atoms with Crippen LogP contribution in [0.15, 0.2) is 48.5 Å². The van der Waals surface area contributed by atoms with Gasteiger partial charge in [-0.1, -0.05) is 30.9 Å². The van der Waals surface area contributed by atoms with E-state index in [-0.39, 0.29) is 25.4 Å². The van der Waals surface area contributed by atoms with E-state index in [1.54, 1.807) is 0 Å². The molecule has 1 aliphatic rings. The van der Waals surface area contributed by atoms with Crippen LogP contribution in [-0.2, 0) is 24.3 Å². The molecule has 3 N–H and O–H groups in total. The van der Waals surface area contributed by atoms with Gasteiger partial charge in [-0.3, -0.25) is 0 Å². The predicted octanol–water partition coefficient (Wildman–Crippen LogP) is 2.57. The van der Waals surface area contributed by atoms with Crippen molar-refractivity contribution >= 4 is 21.7 Å². The van der Waals surface area contributed by atoms with Crippen molar-refractivity contribution in [2.75, 3.05) is 25.2 Å². The standard InChI is InChI=1S/C26H32N2O7S/c1-4-23(28-20-11-7-18(8-12-20)6-5-15-27-36(3,31)32)19-9-13-22(14-10-19)34-25-17-21(29)16-24(35-25)26(30)33-2/h7-14,21,23-25,27-29H,4,15-17H2,1-3H3/t21-,23-,24-,25+/m0/s1. The molecular formula is C26H32N2O7S. The Kier molecular flexibility index (Phi) is 9.73. The number of esters is 1. The summed E-state index contributed by atoms with van der Waals surface area (Å²) in [4.78, 5) is 11.8.